The van der Waals surface area contributed by atoms with E-state index in [4.69, 9.17) is 13.3 Å². The topological polar surface area (TPSA) is 42.7 Å². The molecule has 374 valence electrons. The van der Waals surface area contributed by atoms with Crippen LogP contribution in [0, 0.1) is 0 Å². The van der Waals surface area contributed by atoms with Crippen LogP contribution in [0.1, 0.15) is 47.2 Å². The van der Waals surface area contributed by atoms with Crippen molar-refractivity contribution in [3.05, 3.63) is 282 Å². The minimum Gasteiger partial charge on any atom is -0.456 e. The van der Waals surface area contributed by atoms with Gasteiger partial charge >= 0.3 is 0 Å². The highest BCUT2D eigenvalue weighted by molar-refractivity contribution is 6.25. The van der Waals surface area contributed by atoms with Gasteiger partial charge in [0.1, 0.15) is 27.9 Å². The molecule has 18 rings (SSSR count). The van der Waals surface area contributed by atoms with E-state index in [2.05, 4.69) is 255 Å². The van der Waals surface area contributed by atoms with Crippen LogP contribution in [0.2, 0.25) is 0 Å². The van der Waals surface area contributed by atoms with Crippen molar-refractivity contribution in [3.8, 4) is 55.6 Å². The third-order valence-corrected chi connectivity index (χ3v) is 18.3. The molecule has 0 bridgehead atoms. The van der Waals surface area contributed by atoms with E-state index in [1.165, 1.54) is 66.8 Å². The standard InChI is InChI=1S/C76H47NO3/c1-75(2)60-26-9-3-17-49(60)53-40-38-47(42-64(53)75)77(46-36-33-44(34-37-46)48-23-15-24-56-55-21-7-13-31-67(55)79-72(48)56)66-30-16-25-57-59-43-69-71(58-22-8-14-32-68(58)78-69)70(74(59)80-73(57)66)45-35-39-54-52-20-6-12-29-63(52)76(65(54)41-45)61-27-10-4-18-50(61)51-19-5-11-28-62(51)76/h3-43H,1-2H3. The monoisotopic (exact) mass is 1020 g/mol. The number of hydrogen-bond acceptors (Lipinski definition) is 4. The van der Waals surface area contributed by atoms with Gasteiger partial charge in [0, 0.05) is 60.2 Å². The SMILES string of the molecule is CC1(C)c2ccccc2-c2ccc(N(c3ccc(-c4cccc5c4oc4ccccc45)cc3)c3cccc4c3oc3c(-c5ccc6c(c5)C5(c7ccccc7-c7ccccc75)c5ccccc5-6)c5c(cc34)oc3ccccc35)cc21. The van der Waals surface area contributed by atoms with Crippen LogP contribution in [0.15, 0.2) is 262 Å². The van der Waals surface area contributed by atoms with Gasteiger partial charge in [-0.2, -0.15) is 0 Å². The molecular weight excluding hydrogens is 975 g/mol. The molecular formula is C76H47NO3. The van der Waals surface area contributed by atoms with Crippen LogP contribution in [0.25, 0.3) is 121 Å². The van der Waals surface area contributed by atoms with Crippen molar-refractivity contribution in [3.63, 3.8) is 0 Å². The smallest absolute Gasteiger partial charge is 0.159 e. The summed E-state index contributed by atoms with van der Waals surface area (Å²) in [5.74, 6) is 0. The Balaban J connectivity index is 0.881. The van der Waals surface area contributed by atoms with E-state index >= 15 is 0 Å². The second-order valence-corrected chi connectivity index (χ2v) is 22.6. The van der Waals surface area contributed by atoms with Crippen molar-refractivity contribution >= 4 is 82.9 Å². The number of furan rings is 3. The van der Waals surface area contributed by atoms with Gasteiger partial charge < -0.3 is 18.2 Å². The van der Waals surface area contributed by atoms with E-state index in [0.717, 1.165) is 105 Å². The molecule has 0 aliphatic heterocycles. The first kappa shape index (κ1) is 43.9. The second-order valence-electron chi connectivity index (χ2n) is 22.6. The number of benzene rings is 12. The summed E-state index contributed by atoms with van der Waals surface area (Å²) >= 11 is 0. The van der Waals surface area contributed by atoms with E-state index < -0.39 is 5.41 Å². The van der Waals surface area contributed by atoms with Crippen molar-refractivity contribution in [1.82, 2.24) is 0 Å². The maximum Gasteiger partial charge on any atom is 0.159 e. The summed E-state index contributed by atoms with van der Waals surface area (Å²) in [5.41, 5.74) is 27.1. The molecule has 0 saturated heterocycles. The number of fused-ring (bicyclic) bond motifs is 22. The van der Waals surface area contributed by atoms with Gasteiger partial charge in [-0.25, -0.2) is 0 Å². The molecule has 3 heterocycles. The van der Waals surface area contributed by atoms with Crippen molar-refractivity contribution in [2.75, 3.05) is 4.90 Å². The van der Waals surface area contributed by atoms with Gasteiger partial charge in [-0.3, -0.25) is 0 Å². The van der Waals surface area contributed by atoms with Crippen molar-refractivity contribution in [2.24, 2.45) is 0 Å². The van der Waals surface area contributed by atoms with Crippen LogP contribution in [0.5, 0.6) is 0 Å². The summed E-state index contributed by atoms with van der Waals surface area (Å²) in [6, 6.07) is 91.0. The molecule has 0 N–H and O–H groups in total. The first-order valence-electron chi connectivity index (χ1n) is 27.7. The lowest BCUT2D eigenvalue weighted by atomic mass is 9.70. The molecule has 0 amide bonds. The molecule has 80 heavy (non-hydrogen) atoms. The predicted octanol–water partition coefficient (Wildman–Crippen LogP) is 20.8. The number of rotatable bonds is 5. The zero-order valence-corrected chi connectivity index (χ0v) is 43.8. The fraction of sp³-hybridized carbons (Fsp3) is 0.0526. The number of hydrogen-bond donors (Lipinski definition) is 0. The minimum absolute atomic E-state index is 0.210. The molecule has 12 aromatic carbocycles. The lowest BCUT2D eigenvalue weighted by Gasteiger charge is -2.30. The van der Waals surface area contributed by atoms with Gasteiger partial charge in [0.05, 0.1) is 11.1 Å². The summed E-state index contributed by atoms with van der Waals surface area (Å²) < 4.78 is 21.2. The van der Waals surface area contributed by atoms with Gasteiger partial charge in [0.15, 0.2) is 5.58 Å². The zero-order chi connectivity index (χ0) is 52.6. The average Bonchev–Trinajstić information content (AvgIpc) is 4.42. The lowest BCUT2D eigenvalue weighted by molar-refractivity contribution is 0.660. The summed E-state index contributed by atoms with van der Waals surface area (Å²) in [6.45, 7) is 4.70. The molecule has 4 heteroatoms. The van der Waals surface area contributed by atoms with E-state index in [-0.39, 0.29) is 5.41 Å². The molecule has 1 spiro atoms. The molecule has 0 fully saturated rings. The maximum absolute atomic E-state index is 7.69. The van der Waals surface area contributed by atoms with Crippen LogP contribution >= 0.6 is 0 Å². The van der Waals surface area contributed by atoms with Crippen molar-refractivity contribution < 1.29 is 13.3 Å². The highest BCUT2D eigenvalue weighted by Crippen LogP contribution is 2.64. The highest BCUT2D eigenvalue weighted by atomic mass is 16.3. The lowest BCUT2D eigenvalue weighted by Crippen LogP contribution is -2.25. The van der Waals surface area contributed by atoms with E-state index in [9.17, 15) is 0 Å². The summed E-state index contributed by atoms with van der Waals surface area (Å²) in [6.07, 6.45) is 0. The second kappa shape index (κ2) is 15.7. The van der Waals surface area contributed by atoms with Crippen LogP contribution in [0.4, 0.5) is 17.1 Å². The van der Waals surface area contributed by atoms with E-state index in [1.807, 2.05) is 12.1 Å². The van der Waals surface area contributed by atoms with Gasteiger partial charge in [0.25, 0.3) is 0 Å². The fourth-order valence-corrected chi connectivity index (χ4v) is 14.8. The third kappa shape index (κ3) is 5.64. The molecule has 15 aromatic rings. The molecule has 0 saturated carbocycles. The molecule has 0 unspecified atom stereocenters. The molecule has 3 aliphatic rings. The van der Waals surface area contributed by atoms with E-state index in [1.54, 1.807) is 0 Å². The minimum atomic E-state index is -0.512. The summed E-state index contributed by atoms with van der Waals surface area (Å²) in [7, 11) is 0. The van der Waals surface area contributed by atoms with Crippen LogP contribution < -0.4 is 4.90 Å². The van der Waals surface area contributed by atoms with Crippen LogP contribution in [-0.2, 0) is 10.8 Å². The Morgan fingerprint density at radius 2 is 0.812 bits per heavy atom. The van der Waals surface area contributed by atoms with Gasteiger partial charge in [0.2, 0.25) is 0 Å². The summed E-state index contributed by atoms with van der Waals surface area (Å²) in [4.78, 5) is 2.39. The van der Waals surface area contributed by atoms with Crippen molar-refractivity contribution in [1.29, 1.82) is 0 Å². The fourth-order valence-electron chi connectivity index (χ4n) is 14.8. The van der Waals surface area contributed by atoms with Crippen LogP contribution in [-0.4, -0.2) is 0 Å². The Labute approximate surface area is 461 Å². The highest BCUT2D eigenvalue weighted by Gasteiger charge is 2.51. The first-order chi connectivity index (χ1) is 39.4. The Morgan fingerprint density at radius 3 is 1.52 bits per heavy atom. The Bertz CT molecular complexity index is 5110. The molecule has 3 aliphatic carbocycles. The average molecular weight is 1020 g/mol. The molecule has 0 atom stereocenters. The molecule has 0 radical (unpaired) electrons. The zero-order valence-electron chi connectivity index (χ0n) is 43.8. The predicted molar refractivity (Wildman–Crippen MR) is 328 cm³/mol. The number of anilines is 3. The molecule has 3 aromatic heterocycles. The Kier molecular flexibility index (Phi) is 8.64. The normalized spacial score (nSPS) is 14.1. The number of para-hydroxylation sites is 4. The van der Waals surface area contributed by atoms with Gasteiger partial charge in [-0.1, -0.05) is 208 Å². The van der Waals surface area contributed by atoms with Gasteiger partial charge in [-0.05, 0) is 132 Å². The summed E-state index contributed by atoms with van der Waals surface area (Å²) in [5, 5.41) is 6.33. The quantitative estimate of drug-likeness (QED) is 0.172. The van der Waals surface area contributed by atoms with Crippen LogP contribution in [0.3, 0.4) is 0 Å². The maximum atomic E-state index is 7.69. The molecule has 4 nitrogen and oxygen atoms in total. The van der Waals surface area contributed by atoms with Crippen molar-refractivity contribution in [2.45, 2.75) is 24.7 Å². The van der Waals surface area contributed by atoms with E-state index in [0.29, 0.717) is 0 Å². The largest absolute Gasteiger partial charge is 0.456 e. The first-order valence-corrected chi connectivity index (χ1v) is 27.7. The third-order valence-electron chi connectivity index (χ3n) is 18.3. The number of nitrogens with zero attached hydrogens (tertiary/aromatic N) is 1. The Morgan fingerprint density at radius 1 is 0.300 bits per heavy atom. The van der Waals surface area contributed by atoms with Gasteiger partial charge in [-0.15, -0.1) is 0 Å². The Hall–Kier alpha value is -10.2.